The first-order chi connectivity index (χ1) is 5.27. The van der Waals surface area contributed by atoms with E-state index < -0.39 is 0 Å². The molecule has 0 unspecified atom stereocenters. The van der Waals surface area contributed by atoms with E-state index in [1.807, 2.05) is 13.0 Å². The molecule has 60 valence electrons. The standard InChI is InChI=1S/C8H10ClNO/c1-3-6-4-7(11-2)5-10-8(6)9/h4-5H,3H2,1-2H3. The van der Waals surface area contributed by atoms with Crippen LogP contribution in [-0.4, -0.2) is 12.1 Å². The first-order valence-corrected chi connectivity index (χ1v) is 3.84. The lowest BCUT2D eigenvalue weighted by Gasteiger charge is -2.02. The fourth-order valence-electron chi connectivity index (χ4n) is 0.831. The van der Waals surface area contributed by atoms with Crippen molar-refractivity contribution in [1.82, 2.24) is 4.98 Å². The SMILES string of the molecule is CCc1cc(OC)cnc1Cl. The molecule has 11 heavy (non-hydrogen) atoms. The van der Waals surface area contributed by atoms with Gasteiger partial charge in [-0.15, -0.1) is 0 Å². The minimum Gasteiger partial charge on any atom is -0.495 e. The summed E-state index contributed by atoms with van der Waals surface area (Å²) in [6.07, 6.45) is 2.49. The average molecular weight is 172 g/mol. The maximum absolute atomic E-state index is 5.79. The average Bonchev–Trinajstić information content (AvgIpc) is 2.05. The summed E-state index contributed by atoms with van der Waals surface area (Å²) in [5.74, 6) is 0.756. The van der Waals surface area contributed by atoms with Crippen molar-refractivity contribution in [2.75, 3.05) is 7.11 Å². The molecule has 0 aromatic carbocycles. The lowest BCUT2D eigenvalue weighted by molar-refractivity contribution is 0.412. The highest BCUT2D eigenvalue weighted by Crippen LogP contribution is 2.18. The third-order valence-electron chi connectivity index (χ3n) is 1.50. The van der Waals surface area contributed by atoms with Gasteiger partial charge < -0.3 is 4.74 Å². The van der Waals surface area contributed by atoms with Gasteiger partial charge in [-0.05, 0) is 18.1 Å². The van der Waals surface area contributed by atoms with Gasteiger partial charge in [-0.3, -0.25) is 0 Å². The van der Waals surface area contributed by atoms with Crippen LogP contribution in [-0.2, 0) is 6.42 Å². The maximum atomic E-state index is 5.79. The van der Waals surface area contributed by atoms with Crippen molar-refractivity contribution < 1.29 is 4.74 Å². The molecule has 0 fully saturated rings. The number of hydrogen-bond acceptors (Lipinski definition) is 2. The lowest BCUT2D eigenvalue weighted by Crippen LogP contribution is -1.89. The van der Waals surface area contributed by atoms with Gasteiger partial charge in [0.1, 0.15) is 10.9 Å². The van der Waals surface area contributed by atoms with Crippen LogP contribution in [0.4, 0.5) is 0 Å². The second kappa shape index (κ2) is 3.58. The molecule has 1 rings (SSSR count). The second-order valence-electron chi connectivity index (χ2n) is 2.18. The number of nitrogens with zero attached hydrogens (tertiary/aromatic N) is 1. The number of halogens is 1. The van der Waals surface area contributed by atoms with Crippen LogP contribution in [0.1, 0.15) is 12.5 Å². The summed E-state index contributed by atoms with van der Waals surface area (Å²) < 4.78 is 4.99. The van der Waals surface area contributed by atoms with Crippen LogP contribution in [0, 0.1) is 0 Å². The highest BCUT2D eigenvalue weighted by atomic mass is 35.5. The predicted molar refractivity (Wildman–Crippen MR) is 45.2 cm³/mol. The molecule has 0 saturated carbocycles. The molecule has 3 heteroatoms. The van der Waals surface area contributed by atoms with E-state index in [-0.39, 0.29) is 0 Å². The Labute approximate surface area is 71.2 Å². The van der Waals surface area contributed by atoms with Gasteiger partial charge in [-0.2, -0.15) is 0 Å². The number of hydrogen-bond donors (Lipinski definition) is 0. The Bertz CT molecular complexity index is 250. The molecule has 0 spiro atoms. The van der Waals surface area contributed by atoms with Crippen LogP contribution in [0.25, 0.3) is 0 Å². The zero-order chi connectivity index (χ0) is 8.27. The van der Waals surface area contributed by atoms with Gasteiger partial charge in [-0.25, -0.2) is 4.98 Å². The summed E-state index contributed by atoms with van der Waals surface area (Å²) in [5.41, 5.74) is 1.02. The van der Waals surface area contributed by atoms with Crippen molar-refractivity contribution in [1.29, 1.82) is 0 Å². The van der Waals surface area contributed by atoms with Gasteiger partial charge in [0.15, 0.2) is 0 Å². The Balaban J connectivity index is 3.02. The molecule has 1 heterocycles. The van der Waals surface area contributed by atoms with Crippen molar-refractivity contribution in [2.24, 2.45) is 0 Å². The number of methoxy groups -OCH3 is 1. The molecule has 1 aromatic rings. The summed E-state index contributed by atoms with van der Waals surface area (Å²) in [6.45, 7) is 2.03. The monoisotopic (exact) mass is 171 g/mol. The van der Waals surface area contributed by atoms with E-state index >= 15 is 0 Å². The minimum atomic E-state index is 0.563. The van der Waals surface area contributed by atoms with Gasteiger partial charge in [0.25, 0.3) is 0 Å². The lowest BCUT2D eigenvalue weighted by atomic mass is 10.2. The van der Waals surface area contributed by atoms with Crippen LogP contribution in [0.2, 0.25) is 5.15 Å². The number of aromatic nitrogens is 1. The van der Waals surface area contributed by atoms with E-state index in [1.54, 1.807) is 13.3 Å². The van der Waals surface area contributed by atoms with Crippen molar-refractivity contribution in [3.8, 4) is 5.75 Å². The molecule has 0 aliphatic heterocycles. The number of aryl methyl sites for hydroxylation is 1. The van der Waals surface area contributed by atoms with E-state index in [2.05, 4.69) is 4.98 Å². The highest BCUT2D eigenvalue weighted by Gasteiger charge is 2.00. The van der Waals surface area contributed by atoms with Crippen molar-refractivity contribution in [2.45, 2.75) is 13.3 Å². The second-order valence-corrected chi connectivity index (χ2v) is 2.54. The molecule has 2 nitrogen and oxygen atoms in total. The largest absolute Gasteiger partial charge is 0.495 e. The molecule has 0 aliphatic rings. The zero-order valence-electron chi connectivity index (χ0n) is 6.60. The van der Waals surface area contributed by atoms with Crippen molar-refractivity contribution in [3.05, 3.63) is 23.0 Å². The summed E-state index contributed by atoms with van der Waals surface area (Å²) in [7, 11) is 1.62. The zero-order valence-corrected chi connectivity index (χ0v) is 7.35. The molecule has 0 saturated heterocycles. The summed E-state index contributed by atoms with van der Waals surface area (Å²) in [6, 6.07) is 1.90. The maximum Gasteiger partial charge on any atom is 0.137 e. The van der Waals surface area contributed by atoms with Crippen molar-refractivity contribution in [3.63, 3.8) is 0 Å². The first kappa shape index (κ1) is 8.34. The number of ether oxygens (including phenoxy) is 1. The molecule has 0 radical (unpaired) electrons. The van der Waals surface area contributed by atoms with Crippen LogP contribution < -0.4 is 4.74 Å². The molecule has 0 atom stereocenters. The van der Waals surface area contributed by atoms with Crippen LogP contribution in [0.15, 0.2) is 12.3 Å². The summed E-state index contributed by atoms with van der Waals surface area (Å²) in [4.78, 5) is 3.96. The Morgan fingerprint density at radius 3 is 2.91 bits per heavy atom. The molecule has 1 aromatic heterocycles. The van der Waals surface area contributed by atoms with Gasteiger partial charge in [0, 0.05) is 0 Å². The van der Waals surface area contributed by atoms with E-state index in [9.17, 15) is 0 Å². The Morgan fingerprint density at radius 1 is 1.64 bits per heavy atom. The van der Waals surface area contributed by atoms with E-state index in [0.717, 1.165) is 17.7 Å². The molecule has 0 amide bonds. The summed E-state index contributed by atoms with van der Waals surface area (Å²) >= 11 is 5.79. The van der Waals surface area contributed by atoms with Crippen LogP contribution >= 0.6 is 11.6 Å². The van der Waals surface area contributed by atoms with Gasteiger partial charge in [0.2, 0.25) is 0 Å². The topological polar surface area (TPSA) is 22.1 Å². The van der Waals surface area contributed by atoms with Crippen molar-refractivity contribution >= 4 is 11.6 Å². The Hall–Kier alpha value is -0.760. The predicted octanol–water partition coefficient (Wildman–Crippen LogP) is 2.31. The normalized spacial score (nSPS) is 9.73. The molecule has 0 bridgehead atoms. The highest BCUT2D eigenvalue weighted by molar-refractivity contribution is 6.30. The van der Waals surface area contributed by atoms with Gasteiger partial charge in [0.05, 0.1) is 13.3 Å². The minimum absolute atomic E-state index is 0.563. The summed E-state index contributed by atoms with van der Waals surface area (Å²) in [5, 5.41) is 0.563. The molecule has 0 N–H and O–H groups in total. The van der Waals surface area contributed by atoms with Gasteiger partial charge >= 0.3 is 0 Å². The van der Waals surface area contributed by atoms with E-state index in [4.69, 9.17) is 16.3 Å². The third kappa shape index (κ3) is 1.84. The number of pyridine rings is 1. The number of rotatable bonds is 2. The van der Waals surface area contributed by atoms with Crippen LogP contribution in [0.3, 0.4) is 0 Å². The fraction of sp³-hybridized carbons (Fsp3) is 0.375. The smallest absolute Gasteiger partial charge is 0.137 e. The molecular formula is C8H10ClNO. The molecular weight excluding hydrogens is 162 g/mol. The molecule has 0 aliphatic carbocycles. The Morgan fingerprint density at radius 2 is 2.36 bits per heavy atom. The Kier molecular flexibility index (Phi) is 2.71. The third-order valence-corrected chi connectivity index (χ3v) is 1.84. The first-order valence-electron chi connectivity index (χ1n) is 3.46. The van der Waals surface area contributed by atoms with E-state index in [0.29, 0.717) is 5.15 Å². The van der Waals surface area contributed by atoms with Gasteiger partial charge in [-0.1, -0.05) is 18.5 Å². The fourth-order valence-corrected chi connectivity index (χ4v) is 1.07. The quantitative estimate of drug-likeness (QED) is 0.638. The van der Waals surface area contributed by atoms with E-state index in [1.165, 1.54) is 0 Å². The van der Waals surface area contributed by atoms with Crippen LogP contribution in [0.5, 0.6) is 5.75 Å².